The van der Waals surface area contributed by atoms with Crippen molar-refractivity contribution in [2.75, 3.05) is 25.7 Å². The van der Waals surface area contributed by atoms with Gasteiger partial charge >= 0.3 is 0 Å². The van der Waals surface area contributed by atoms with Crippen LogP contribution in [0.4, 0.5) is 0 Å². The number of rotatable bonds is 6. The molecule has 0 radical (unpaired) electrons. The highest BCUT2D eigenvalue weighted by atomic mass is 32.2. The molecule has 0 bridgehead atoms. The Morgan fingerprint density at radius 3 is 1.47 bits per heavy atom. The van der Waals surface area contributed by atoms with Gasteiger partial charge in [0.15, 0.2) is 5.79 Å². The van der Waals surface area contributed by atoms with Crippen molar-refractivity contribution in [1.29, 1.82) is 0 Å². The van der Waals surface area contributed by atoms with Crippen LogP contribution in [0.15, 0.2) is 0 Å². The second-order valence-corrected chi connectivity index (χ2v) is 7.98. The lowest BCUT2D eigenvalue weighted by molar-refractivity contribution is -0.150. The van der Waals surface area contributed by atoms with E-state index in [1.54, 1.807) is 13.8 Å². The van der Waals surface area contributed by atoms with Crippen LogP contribution < -0.4 is 0 Å². The molecule has 1 heterocycles. The summed E-state index contributed by atoms with van der Waals surface area (Å²) in [5.74, 6) is -0.961. The molecule has 0 aromatic heterocycles. The highest BCUT2D eigenvalue weighted by Gasteiger charge is 2.42. The molecular formula is C9H18O8S2. The van der Waals surface area contributed by atoms with Crippen molar-refractivity contribution < 1.29 is 34.7 Å². The molecule has 0 aromatic rings. The minimum atomic E-state index is -3.61. The van der Waals surface area contributed by atoms with Crippen molar-refractivity contribution in [1.82, 2.24) is 0 Å². The van der Waals surface area contributed by atoms with Gasteiger partial charge in [-0.3, -0.25) is 8.37 Å². The molecule has 10 heteroatoms. The molecule has 0 aliphatic carbocycles. The Morgan fingerprint density at radius 1 is 0.895 bits per heavy atom. The molecule has 19 heavy (non-hydrogen) atoms. The van der Waals surface area contributed by atoms with Gasteiger partial charge in [0, 0.05) is 0 Å². The van der Waals surface area contributed by atoms with Crippen LogP contribution in [0.5, 0.6) is 0 Å². The molecule has 0 amide bonds. The zero-order valence-electron chi connectivity index (χ0n) is 11.2. The summed E-state index contributed by atoms with van der Waals surface area (Å²) in [4.78, 5) is 0. The molecule has 1 rings (SSSR count). The van der Waals surface area contributed by atoms with Gasteiger partial charge in [-0.1, -0.05) is 0 Å². The van der Waals surface area contributed by atoms with Crippen molar-refractivity contribution in [3.63, 3.8) is 0 Å². The van der Waals surface area contributed by atoms with Crippen LogP contribution in [-0.4, -0.2) is 60.6 Å². The van der Waals surface area contributed by atoms with E-state index in [1.807, 2.05) is 0 Å². The van der Waals surface area contributed by atoms with Gasteiger partial charge in [0.25, 0.3) is 20.2 Å². The standard InChI is InChI=1S/C9H18O8S2/c1-9(2)16-7(5-14-18(3,10)11)8(17-9)6-15-19(4,12)13/h7-8H,5-6H2,1-4H3. The molecular weight excluding hydrogens is 300 g/mol. The Labute approximate surface area is 113 Å². The summed E-state index contributed by atoms with van der Waals surface area (Å²) >= 11 is 0. The average molecular weight is 318 g/mol. The van der Waals surface area contributed by atoms with E-state index in [-0.39, 0.29) is 13.2 Å². The van der Waals surface area contributed by atoms with Gasteiger partial charge in [-0.05, 0) is 13.8 Å². The Hall–Kier alpha value is -0.260. The lowest BCUT2D eigenvalue weighted by Gasteiger charge is -2.16. The fourth-order valence-corrected chi connectivity index (χ4v) is 2.34. The first-order chi connectivity index (χ1) is 8.38. The van der Waals surface area contributed by atoms with Gasteiger partial charge in [0.2, 0.25) is 0 Å². The van der Waals surface area contributed by atoms with Crippen molar-refractivity contribution >= 4 is 20.2 Å². The molecule has 0 saturated carbocycles. The quantitative estimate of drug-likeness (QED) is 0.601. The second-order valence-electron chi connectivity index (χ2n) is 4.69. The first-order valence-electron chi connectivity index (χ1n) is 5.42. The number of ether oxygens (including phenoxy) is 2. The maximum Gasteiger partial charge on any atom is 0.264 e. The van der Waals surface area contributed by atoms with E-state index < -0.39 is 38.2 Å². The number of hydrogen-bond donors (Lipinski definition) is 0. The summed E-state index contributed by atoms with van der Waals surface area (Å²) in [7, 11) is -7.22. The first-order valence-corrected chi connectivity index (χ1v) is 9.06. The Kier molecular flexibility index (Phi) is 4.97. The minimum Gasteiger partial charge on any atom is -0.342 e. The van der Waals surface area contributed by atoms with Crippen LogP contribution >= 0.6 is 0 Å². The summed E-state index contributed by atoms with van der Waals surface area (Å²) in [6.45, 7) is 2.72. The van der Waals surface area contributed by atoms with Gasteiger partial charge in [0.1, 0.15) is 12.2 Å². The fourth-order valence-electron chi connectivity index (χ4n) is 1.57. The topological polar surface area (TPSA) is 105 Å². The maximum absolute atomic E-state index is 10.9. The third kappa shape index (κ3) is 6.63. The van der Waals surface area contributed by atoms with Crippen LogP contribution in [0.25, 0.3) is 0 Å². The van der Waals surface area contributed by atoms with E-state index in [9.17, 15) is 16.8 Å². The van der Waals surface area contributed by atoms with Gasteiger partial charge in [0.05, 0.1) is 25.7 Å². The highest BCUT2D eigenvalue weighted by molar-refractivity contribution is 7.86. The molecule has 1 aliphatic rings. The molecule has 8 nitrogen and oxygen atoms in total. The highest BCUT2D eigenvalue weighted by Crippen LogP contribution is 2.29. The third-order valence-electron chi connectivity index (χ3n) is 2.18. The summed E-state index contributed by atoms with van der Waals surface area (Å²) in [6, 6.07) is 0. The van der Waals surface area contributed by atoms with Crippen LogP contribution in [0.2, 0.25) is 0 Å². The lowest BCUT2D eigenvalue weighted by atomic mass is 10.2. The minimum absolute atomic E-state index is 0.264. The zero-order chi connectivity index (χ0) is 14.9. The Bertz CT molecular complexity index is 460. The van der Waals surface area contributed by atoms with Crippen molar-refractivity contribution in [3.05, 3.63) is 0 Å². The number of hydrogen-bond acceptors (Lipinski definition) is 8. The van der Waals surface area contributed by atoms with E-state index in [0.29, 0.717) is 0 Å². The van der Waals surface area contributed by atoms with Crippen LogP contribution in [-0.2, 0) is 38.1 Å². The molecule has 0 spiro atoms. The molecule has 2 atom stereocenters. The summed E-state index contributed by atoms with van der Waals surface area (Å²) in [5.41, 5.74) is 0. The maximum atomic E-state index is 10.9. The largest absolute Gasteiger partial charge is 0.342 e. The van der Waals surface area contributed by atoms with E-state index in [4.69, 9.17) is 9.47 Å². The van der Waals surface area contributed by atoms with Crippen molar-refractivity contribution in [3.8, 4) is 0 Å². The first kappa shape index (κ1) is 16.8. The van der Waals surface area contributed by atoms with E-state index in [0.717, 1.165) is 12.5 Å². The van der Waals surface area contributed by atoms with Gasteiger partial charge in [-0.15, -0.1) is 0 Å². The lowest BCUT2D eigenvalue weighted by Crippen LogP contribution is -2.33. The van der Waals surface area contributed by atoms with E-state index in [1.165, 1.54) is 0 Å². The fraction of sp³-hybridized carbons (Fsp3) is 1.00. The second kappa shape index (κ2) is 5.62. The summed E-state index contributed by atoms with van der Waals surface area (Å²) in [6.07, 6.45) is 0.365. The average Bonchev–Trinajstić information content (AvgIpc) is 2.45. The zero-order valence-corrected chi connectivity index (χ0v) is 12.8. The predicted molar refractivity (Wildman–Crippen MR) is 65.4 cm³/mol. The van der Waals surface area contributed by atoms with Gasteiger partial charge < -0.3 is 9.47 Å². The summed E-state index contributed by atoms with van der Waals surface area (Å²) < 4.78 is 63.8. The smallest absolute Gasteiger partial charge is 0.264 e. The van der Waals surface area contributed by atoms with Gasteiger partial charge in [-0.25, -0.2) is 0 Å². The van der Waals surface area contributed by atoms with Crippen LogP contribution in [0.1, 0.15) is 13.8 Å². The summed E-state index contributed by atoms with van der Waals surface area (Å²) in [5, 5.41) is 0. The Morgan fingerprint density at radius 2 is 1.21 bits per heavy atom. The van der Waals surface area contributed by atoms with Crippen LogP contribution in [0, 0.1) is 0 Å². The normalized spacial score (nSPS) is 27.6. The van der Waals surface area contributed by atoms with Gasteiger partial charge in [-0.2, -0.15) is 16.8 Å². The molecule has 2 unspecified atom stereocenters. The molecule has 0 N–H and O–H groups in total. The molecule has 1 saturated heterocycles. The predicted octanol–water partition coefficient (Wildman–Crippen LogP) is -0.541. The van der Waals surface area contributed by atoms with Crippen molar-refractivity contribution in [2.24, 2.45) is 0 Å². The molecule has 0 aromatic carbocycles. The molecule has 1 fully saturated rings. The van der Waals surface area contributed by atoms with Crippen LogP contribution in [0.3, 0.4) is 0 Å². The molecule has 1 aliphatic heterocycles. The van der Waals surface area contributed by atoms with Crippen molar-refractivity contribution in [2.45, 2.75) is 31.8 Å². The SMILES string of the molecule is CC1(C)OC(COS(C)(=O)=O)C(COS(C)(=O)=O)O1. The Balaban J connectivity index is 2.65. The molecule has 114 valence electrons. The third-order valence-corrected chi connectivity index (χ3v) is 3.31. The van der Waals surface area contributed by atoms with E-state index in [2.05, 4.69) is 8.37 Å². The van der Waals surface area contributed by atoms with E-state index >= 15 is 0 Å². The monoisotopic (exact) mass is 318 g/mol.